The van der Waals surface area contributed by atoms with Crippen LogP contribution in [0.4, 0.5) is 4.39 Å². The summed E-state index contributed by atoms with van der Waals surface area (Å²) in [7, 11) is -3.29. The van der Waals surface area contributed by atoms with Gasteiger partial charge in [0.1, 0.15) is 5.82 Å². The number of benzene rings is 1. The number of ether oxygens (including phenoxy) is 2. The average molecular weight is 357 g/mol. The van der Waals surface area contributed by atoms with Crippen molar-refractivity contribution in [3.05, 3.63) is 35.6 Å². The Kier molecular flexibility index (Phi) is 5.63. The van der Waals surface area contributed by atoms with Crippen molar-refractivity contribution in [2.75, 3.05) is 52.6 Å². The van der Waals surface area contributed by atoms with Gasteiger partial charge in [-0.15, -0.1) is 0 Å². The van der Waals surface area contributed by atoms with E-state index in [1.165, 1.54) is 24.3 Å². The van der Waals surface area contributed by atoms with E-state index in [9.17, 15) is 13.8 Å². The van der Waals surface area contributed by atoms with E-state index >= 15 is 0 Å². The highest BCUT2D eigenvalue weighted by Crippen LogP contribution is 2.50. The molecule has 2 heterocycles. The fraction of sp³-hybridized carbons (Fsp3) is 0.533. The zero-order valence-corrected chi connectivity index (χ0v) is 14.2. The van der Waals surface area contributed by atoms with E-state index in [-0.39, 0.29) is 5.56 Å². The van der Waals surface area contributed by atoms with E-state index in [4.69, 9.17) is 9.47 Å². The van der Waals surface area contributed by atoms with Crippen LogP contribution in [-0.4, -0.2) is 67.9 Å². The molecule has 0 bridgehead atoms. The van der Waals surface area contributed by atoms with Gasteiger partial charge in [-0.2, -0.15) is 0 Å². The second-order valence-electron chi connectivity index (χ2n) is 5.62. The first-order valence-corrected chi connectivity index (χ1v) is 9.55. The van der Waals surface area contributed by atoms with Crippen LogP contribution in [0, 0.1) is 5.82 Å². The van der Waals surface area contributed by atoms with Crippen LogP contribution in [0.1, 0.15) is 10.4 Å². The predicted octanol–water partition coefficient (Wildman–Crippen LogP) is 1.33. The minimum absolute atomic E-state index is 0.276. The number of carbonyl (C=O) groups is 1. The molecule has 0 radical (unpaired) electrons. The van der Waals surface area contributed by atoms with Gasteiger partial charge < -0.3 is 9.47 Å². The second-order valence-corrected chi connectivity index (χ2v) is 8.07. The van der Waals surface area contributed by atoms with Crippen LogP contribution < -0.4 is 5.09 Å². The molecule has 0 aromatic heterocycles. The van der Waals surface area contributed by atoms with Crippen molar-refractivity contribution in [3.63, 3.8) is 0 Å². The van der Waals surface area contributed by atoms with Crippen molar-refractivity contribution in [2.45, 2.75) is 0 Å². The van der Waals surface area contributed by atoms with Crippen LogP contribution in [-0.2, 0) is 14.0 Å². The van der Waals surface area contributed by atoms with Crippen molar-refractivity contribution in [1.82, 2.24) is 14.4 Å². The van der Waals surface area contributed by atoms with E-state index in [2.05, 4.69) is 5.09 Å². The fourth-order valence-corrected chi connectivity index (χ4v) is 5.21. The number of nitrogens with one attached hydrogen (secondary N) is 1. The molecule has 0 atom stereocenters. The molecular weight excluding hydrogens is 336 g/mol. The number of hydrogen-bond donors (Lipinski definition) is 1. The lowest BCUT2D eigenvalue weighted by Crippen LogP contribution is -2.48. The summed E-state index contributed by atoms with van der Waals surface area (Å²) in [6.45, 7) is 3.83. The molecule has 1 amide bonds. The lowest BCUT2D eigenvalue weighted by molar-refractivity contribution is 0.0505. The first kappa shape index (κ1) is 17.5. The SMILES string of the molecule is O=C(NP(=O)(N1CCOCC1)N1CCOCC1)c1ccc(F)cc1. The Morgan fingerprint density at radius 1 is 0.958 bits per heavy atom. The third kappa shape index (κ3) is 3.84. The van der Waals surface area contributed by atoms with Gasteiger partial charge in [0.25, 0.3) is 5.91 Å². The number of amides is 1. The lowest BCUT2D eigenvalue weighted by atomic mass is 10.2. The Balaban J connectivity index is 1.81. The summed E-state index contributed by atoms with van der Waals surface area (Å²) in [6, 6.07) is 5.19. The molecule has 0 spiro atoms. The maximum Gasteiger partial charge on any atom is 0.311 e. The Morgan fingerprint density at radius 3 is 1.88 bits per heavy atom. The molecule has 1 aromatic carbocycles. The lowest BCUT2D eigenvalue weighted by Gasteiger charge is -2.41. The van der Waals surface area contributed by atoms with Gasteiger partial charge in [-0.25, -0.2) is 13.7 Å². The van der Waals surface area contributed by atoms with E-state index in [0.717, 1.165) is 0 Å². The van der Waals surface area contributed by atoms with Gasteiger partial charge in [-0.05, 0) is 24.3 Å². The van der Waals surface area contributed by atoms with Crippen molar-refractivity contribution < 1.29 is 23.2 Å². The topological polar surface area (TPSA) is 71.1 Å². The van der Waals surface area contributed by atoms with E-state index < -0.39 is 19.3 Å². The molecule has 1 N–H and O–H groups in total. The van der Waals surface area contributed by atoms with E-state index in [1.54, 1.807) is 9.34 Å². The quantitative estimate of drug-likeness (QED) is 0.820. The third-order valence-corrected chi connectivity index (χ3v) is 6.92. The maximum absolute atomic E-state index is 13.7. The summed E-state index contributed by atoms with van der Waals surface area (Å²) in [5.74, 6) is -0.896. The molecular formula is C15H21FN3O4P. The summed E-state index contributed by atoms with van der Waals surface area (Å²) in [5.41, 5.74) is 0.276. The molecule has 24 heavy (non-hydrogen) atoms. The first-order valence-electron chi connectivity index (χ1n) is 7.94. The summed E-state index contributed by atoms with van der Waals surface area (Å²) in [6.07, 6.45) is 0. The molecule has 2 aliphatic heterocycles. The standard InChI is InChI=1S/C15H21FN3O4P/c16-14-3-1-13(2-4-14)15(20)17-24(21,18-5-9-22-10-6-18)19-7-11-23-12-8-19/h1-4H,5-12H2,(H,17,20,21). The third-order valence-electron chi connectivity index (χ3n) is 4.10. The van der Waals surface area contributed by atoms with E-state index in [1.807, 2.05) is 0 Å². The molecule has 0 aliphatic carbocycles. The molecule has 2 fully saturated rings. The normalized spacial score (nSPS) is 20.7. The zero-order valence-electron chi connectivity index (χ0n) is 13.3. The van der Waals surface area contributed by atoms with Crippen LogP contribution >= 0.6 is 7.59 Å². The van der Waals surface area contributed by atoms with Crippen LogP contribution in [0.5, 0.6) is 0 Å². The highest BCUT2D eigenvalue weighted by molar-refractivity contribution is 7.57. The number of hydrogen-bond acceptors (Lipinski definition) is 4. The van der Waals surface area contributed by atoms with Crippen molar-refractivity contribution in [3.8, 4) is 0 Å². The van der Waals surface area contributed by atoms with Crippen LogP contribution in [0.25, 0.3) is 0 Å². The Hall–Kier alpha value is -1.31. The van der Waals surface area contributed by atoms with Gasteiger partial charge in [0.2, 0.25) is 0 Å². The first-order chi connectivity index (χ1) is 11.6. The molecule has 7 nitrogen and oxygen atoms in total. The highest BCUT2D eigenvalue weighted by Gasteiger charge is 2.40. The Labute approximate surface area is 140 Å². The average Bonchev–Trinajstić information content (AvgIpc) is 2.63. The summed E-state index contributed by atoms with van der Waals surface area (Å²) in [5, 5.41) is 2.70. The van der Waals surface area contributed by atoms with Gasteiger partial charge in [-0.1, -0.05) is 0 Å². The van der Waals surface area contributed by atoms with Gasteiger partial charge >= 0.3 is 7.59 Å². The minimum atomic E-state index is -3.29. The largest absolute Gasteiger partial charge is 0.379 e. The van der Waals surface area contributed by atoms with Crippen molar-refractivity contribution in [1.29, 1.82) is 0 Å². The van der Waals surface area contributed by atoms with Crippen LogP contribution in [0.2, 0.25) is 0 Å². The van der Waals surface area contributed by atoms with Crippen LogP contribution in [0.15, 0.2) is 24.3 Å². The Bertz CT molecular complexity index is 594. The number of nitrogens with zero attached hydrogens (tertiary/aromatic N) is 2. The van der Waals surface area contributed by atoms with Gasteiger partial charge in [0, 0.05) is 31.7 Å². The van der Waals surface area contributed by atoms with Gasteiger partial charge in [0.05, 0.1) is 26.4 Å². The molecule has 3 rings (SSSR count). The van der Waals surface area contributed by atoms with Gasteiger partial charge in [-0.3, -0.25) is 14.4 Å². The van der Waals surface area contributed by atoms with Crippen molar-refractivity contribution in [2.24, 2.45) is 0 Å². The minimum Gasteiger partial charge on any atom is -0.379 e. The monoisotopic (exact) mass is 357 g/mol. The second kappa shape index (κ2) is 7.72. The summed E-state index contributed by atoms with van der Waals surface area (Å²) >= 11 is 0. The van der Waals surface area contributed by atoms with Gasteiger partial charge in [0.15, 0.2) is 0 Å². The summed E-state index contributed by atoms with van der Waals surface area (Å²) in [4.78, 5) is 12.5. The maximum atomic E-state index is 13.7. The molecule has 2 aliphatic rings. The van der Waals surface area contributed by atoms with Crippen LogP contribution in [0.3, 0.4) is 0 Å². The zero-order chi connectivity index (χ0) is 17.0. The number of rotatable bonds is 4. The molecule has 0 saturated carbocycles. The number of morpholine rings is 2. The molecule has 0 unspecified atom stereocenters. The molecule has 2 saturated heterocycles. The Morgan fingerprint density at radius 2 is 1.42 bits per heavy atom. The molecule has 132 valence electrons. The van der Waals surface area contributed by atoms with Crippen molar-refractivity contribution >= 4 is 13.5 Å². The number of halogens is 1. The predicted molar refractivity (Wildman–Crippen MR) is 86.3 cm³/mol. The molecule has 9 heteroatoms. The highest BCUT2D eigenvalue weighted by atomic mass is 31.2. The summed E-state index contributed by atoms with van der Waals surface area (Å²) < 4.78 is 41.0. The van der Waals surface area contributed by atoms with E-state index in [0.29, 0.717) is 52.6 Å². The molecule has 1 aromatic rings. The fourth-order valence-electron chi connectivity index (χ4n) is 2.77. The smallest absolute Gasteiger partial charge is 0.311 e. The number of carbonyl (C=O) groups excluding carboxylic acids is 1.